The Balaban J connectivity index is 1.41. The zero-order valence-electron chi connectivity index (χ0n) is 12.6. The molecule has 2 aromatic rings. The molecule has 0 unspecified atom stereocenters. The molecule has 0 amide bonds. The second-order valence-corrected chi connectivity index (χ2v) is 7.53. The third-order valence-electron chi connectivity index (χ3n) is 3.94. The van der Waals surface area contributed by atoms with Crippen molar-refractivity contribution >= 4 is 33.3 Å². The van der Waals surface area contributed by atoms with Crippen molar-refractivity contribution in [2.24, 2.45) is 0 Å². The lowest BCUT2D eigenvalue weighted by Crippen LogP contribution is -2.45. The van der Waals surface area contributed by atoms with E-state index in [0.717, 1.165) is 39.3 Å². The van der Waals surface area contributed by atoms with Crippen molar-refractivity contribution < 1.29 is 0 Å². The normalized spacial score (nSPS) is 17.3. The molecule has 0 saturated carbocycles. The van der Waals surface area contributed by atoms with Crippen molar-refractivity contribution in [2.45, 2.75) is 6.54 Å². The fourth-order valence-corrected chi connectivity index (χ4v) is 4.18. The maximum Gasteiger partial charge on any atom is 0.0329 e. The molecule has 1 aliphatic rings. The molecule has 2 nitrogen and oxygen atoms in total. The standard InChI is InChI=1S/C18H21BrN2S/c19-17-13-18(22-15-17)14-21-11-9-20(10-12-21)8-4-7-16-5-2-1-3-6-16/h1-7,13,15H,8-12,14H2/b7-4+. The van der Waals surface area contributed by atoms with Crippen molar-refractivity contribution in [1.82, 2.24) is 9.80 Å². The second kappa shape index (κ2) is 8.06. The smallest absolute Gasteiger partial charge is 0.0329 e. The zero-order chi connectivity index (χ0) is 15.2. The van der Waals surface area contributed by atoms with Crippen molar-refractivity contribution in [2.75, 3.05) is 32.7 Å². The summed E-state index contributed by atoms with van der Waals surface area (Å²) < 4.78 is 1.21. The Kier molecular flexibility index (Phi) is 5.84. The molecule has 1 aromatic carbocycles. The minimum absolute atomic E-state index is 1.05. The van der Waals surface area contributed by atoms with Gasteiger partial charge in [-0.3, -0.25) is 9.80 Å². The second-order valence-electron chi connectivity index (χ2n) is 5.62. The molecule has 1 saturated heterocycles. The van der Waals surface area contributed by atoms with Gasteiger partial charge in [0, 0.05) is 54.0 Å². The lowest BCUT2D eigenvalue weighted by molar-refractivity contribution is 0.138. The van der Waals surface area contributed by atoms with E-state index in [0.29, 0.717) is 0 Å². The van der Waals surface area contributed by atoms with Gasteiger partial charge >= 0.3 is 0 Å². The van der Waals surface area contributed by atoms with Gasteiger partial charge in [-0.25, -0.2) is 0 Å². The Morgan fingerprint density at radius 1 is 1.05 bits per heavy atom. The van der Waals surface area contributed by atoms with Crippen molar-refractivity contribution in [1.29, 1.82) is 0 Å². The molecule has 0 spiro atoms. The van der Waals surface area contributed by atoms with Gasteiger partial charge in [-0.05, 0) is 27.6 Å². The van der Waals surface area contributed by atoms with Crippen LogP contribution >= 0.6 is 27.3 Å². The molecule has 3 rings (SSSR count). The van der Waals surface area contributed by atoms with Crippen LogP contribution in [0.5, 0.6) is 0 Å². The van der Waals surface area contributed by atoms with E-state index in [1.807, 2.05) is 11.3 Å². The van der Waals surface area contributed by atoms with Gasteiger partial charge in [0.25, 0.3) is 0 Å². The summed E-state index contributed by atoms with van der Waals surface area (Å²) in [5, 5.41) is 2.17. The van der Waals surface area contributed by atoms with Crippen molar-refractivity contribution in [3.8, 4) is 0 Å². The van der Waals surface area contributed by atoms with E-state index in [2.05, 4.69) is 79.7 Å². The molecule has 0 N–H and O–H groups in total. The van der Waals surface area contributed by atoms with E-state index in [4.69, 9.17) is 0 Å². The monoisotopic (exact) mass is 376 g/mol. The quantitative estimate of drug-likeness (QED) is 0.765. The number of benzene rings is 1. The van der Waals surface area contributed by atoms with Crippen LogP contribution in [0.4, 0.5) is 0 Å². The highest BCUT2D eigenvalue weighted by molar-refractivity contribution is 9.10. The molecule has 4 heteroatoms. The third-order valence-corrected chi connectivity index (χ3v) is 5.62. The van der Waals surface area contributed by atoms with E-state index < -0.39 is 0 Å². The number of halogens is 1. The van der Waals surface area contributed by atoms with Crippen LogP contribution in [0.3, 0.4) is 0 Å². The first-order valence-corrected chi connectivity index (χ1v) is 9.36. The minimum Gasteiger partial charge on any atom is -0.297 e. The highest BCUT2D eigenvalue weighted by Gasteiger charge is 2.16. The summed E-state index contributed by atoms with van der Waals surface area (Å²) in [7, 11) is 0. The molecular weight excluding hydrogens is 356 g/mol. The number of nitrogens with zero attached hydrogens (tertiary/aromatic N) is 2. The van der Waals surface area contributed by atoms with Crippen LogP contribution in [-0.2, 0) is 6.54 Å². The van der Waals surface area contributed by atoms with Gasteiger partial charge in [0.15, 0.2) is 0 Å². The Bertz CT molecular complexity index is 601. The molecule has 1 aromatic heterocycles. The predicted molar refractivity (Wildman–Crippen MR) is 99.2 cm³/mol. The van der Waals surface area contributed by atoms with E-state index in [1.54, 1.807) is 0 Å². The number of hydrogen-bond acceptors (Lipinski definition) is 3. The van der Waals surface area contributed by atoms with Crippen LogP contribution in [0.1, 0.15) is 10.4 Å². The molecule has 0 aliphatic carbocycles. The molecule has 0 radical (unpaired) electrons. The van der Waals surface area contributed by atoms with Crippen LogP contribution in [0.2, 0.25) is 0 Å². The van der Waals surface area contributed by atoms with Crippen LogP contribution < -0.4 is 0 Å². The van der Waals surface area contributed by atoms with E-state index >= 15 is 0 Å². The lowest BCUT2D eigenvalue weighted by atomic mass is 10.2. The number of rotatable bonds is 5. The fourth-order valence-electron chi connectivity index (χ4n) is 2.69. The number of thiophene rings is 1. The molecule has 1 fully saturated rings. The van der Waals surface area contributed by atoms with Crippen molar-refractivity contribution in [3.05, 3.63) is 62.8 Å². The first-order valence-electron chi connectivity index (χ1n) is 7.69. The van der Waals surface area contributed by atoms with E-state index in [9.17, 15) is 0 Å². The number of hydrogen-bond donors (Lipinski definition) is 0. The molecule has 1 aliphatic heterocycles. The molecular formula is C18H21BrN2S. The van der Waals surface area contributed by atoms with Gasteiger partial charge < -0.3 is 0 Å². The average Bonchev–Trinajstić information content (AvgIpc) is 2.95. The van der Waals surface area contributed by atoms with Gasteiger partial charge in [0.05, 0.1) is 0 Å². The average molecular weight is 377 g/mol. The Morgan fingerprint density at radius 3 is 2.45 bits per heavy atom. The summed E-state index contributed by atoms with van der Waals surface area (Å²) in [6.07, 6.45) is 4.50. The topological polar surface area (TPSA) is 6.48 Å². The number of piperazine rings is 1. The minimum atomic E-state index is 1.05. The van der Waals surface area contributed by atoms with Crippen LogP contribution in [0.15, 0.2) is 52.3 Å². The summed E-state index contributed by atoms with van der Waals surface area (Å²) in [4.78, 5) is 6.53. The summed E-state index contributed by atoms with van der Waals surface area (Å²) in [5.74, 6) is 0. The highest BCUT2D eigenvalue weighted by Crippen LogP contribution is 2.21. The predicted octanol–water partition coefficient (Wildman–Crippen LogP) is 4.34. The van der Waals surface area contributed by atoms with E-state index in [-0.39, 0.29) is 0 Å². The SMILES string of the molecule is Brc1csc(CN2CCN(C/C=C/c3ccccc3)CC2)c1. The largest absolute Gasteiger partial charge is 0.297 e. The Labute approximate surface area is 145 Å². The molecule has 0 atom stereocenters. The molecule has 2 heterocycles. The summed E-state index contributed by atoms with van der Waals surface area (Å²) >= 11 is 5.37. The summed E-state index contributed by atoms with van der Waals surface area (Å²) in [6, 6.07) is 12.8. The maximum atomic E-state index is 3.53. The lowest BCUT2D eigenvalue weighted by Gasteiger charge is -2.33. The van der Waals surface area contributed by atoms with Crippen LogP contribution in [-0.4, -0.2) is 42.5 Å². The van der Waals surface area contributed by atoms with Gasteiger partial charge in [0.1, 0.15) is 0 Å². The first kappa shape index (κ1) is 15.9. The van der Waals surface area contributed by atoms with Gasteiger partial charge in [-0.15, -0.1) is 11.3 Å². The van der Waals surface area contributed by atoms with Gasteiger partial charge in [-0.1, -0.05) is 42.5 Å². The zero-order valence-corrected chi connectivity index (χ0v) is 15.0. The first-order chi connectivity index (χ1) is 10.8. The molecule has 116 valence electrons. The Hall–Kier alpha value is -0.940. The summed E-state index contributed by atoms with van der Waals surface area (Å²) in [6.45, 7) is 6.78. The Morgan fingerprint density at radius 2 is 1.77 bits per heavy atom. The maximum absolute atomic E-state index is 3.53. The highest BCUT2D eigenvalue weighted by atomic mass is 79.9. The fraction of sp³-hybridized carbons (Fsp3) is 0.333. The molecule has 0 bridgehead atoms. The summed E-state index contributed by atoms with van der Waals surface area (Å²) in [5.41, 5.74) is 1.28. The van der Waals surface area contributed by atoms with Gasteiger partial charge in [0.2, 0.25) is 0 Å². The van der Waals surface area contributed by atoms with Gasteiger partial charge in [-0.2, -0.15) is 0 Å². The molecule has 22 heavy (non-hydrogen) atoms. The van der Waals surface area contributed by atoms with E-state index in [1.165, 1.54) is 14.9 Å². The van der Waals surface area contributed by atoms with Crippen molar-refractivity contribution in [3.63, 3.8) is 0 Å². The third kappa shape index (κ3) is 4.78. The van der Waals surface area contributed by atoms with Crippen LogP contribution in [0, 0.1) is 0 Å². The van der Waals surface area contributed by atoms with Crippen LogP contribution in [0.25, 0.3) is 6.08 Å².